The monoisotopic (exact) mass is 217 g/mol. The number of nitrogens with two attached hydrogens (primary N) is 1. The molecular formula is C12H15N3O. The fourth-order valence-corrected chi connectivity index (χ4v) is 1.81. The Morgan fingerprint density at radius 2 is 2.31 bits per heavy atom. The number of fused-ring (bicyclic) bond motifs is 1. The third-order valence-corrected chi connectivity index (χ3v) is 2.60. The van der Waals surface area contributed by atoms with Crippen LogP contribution in [-0.2, 0) is 0 Å². The van der Waals surface area contributed by atoms with Crippen LogP contribution in [0.3, 0.4) is 0 Å². The first-order valence-corrected chi connectivity index (χ1v) is 5.34. The van der Waals surface area contributed by atoms with E-state index in [9.17, 15) is 4.79 Å². The number of carbonyl (C=O) groups excluding carboxylic acids is 1. The lowest BCUT2D eigenvalue weighted by molar-refractivity contribution is 0.100. The van der Waals surface area contributed by atoms with Gasteiger partial charge in [0.05, 0.1) is 18.3 Å². The second-order valence-corrected chi connectivity index (χ2v) is 4.08. The summed E-state index contributed by atoms with van der Waals surface area (Å²) >= 11 is 0. The molecule has 0 amide bonds. The molecule has 0 unspecified atom stereocenters. The van der Waals surface area contributed by atoms with E-state index in [0.29, 0.717) is 11.5 Å². The summed E-state index contributed by atoms with van der Waals surface area (Å²) in [4.78, 5) is 16.0. The van der Waals surface area contributed by atoms with E-state index in [2.05, 4.69) is 18.8 Å². The number of ketones is 1. The molecule has 0 aliphatic carbocycles. The van der Waals surface area contributed by atoms with Gasteiger partial charge in [0.2, 0.25) is 0 Å². The zero-order valence-electron chi connectivity index (χ0n) is 9.47. The maximum Gasteiger partial charge on any atom is 0.178 e. The Balaban J connectivity index is 2.66. The van der Waals surface area contributed by atoms with Gasteiger partial charge in [0, 0.05) is 17.7 Å². The van der Waals surface area contributed by atoms with E-state index in [-0.39, 0.29) is 12.3 Å². The van der Waals surface area contributed by atoms with Gasteiger partial charge >= 0.3 is 0 Å². The number of Topliss-reactive ketones (excluding diaryl/α,β-unsaturated/α-hetero) is 1. The lowest BCUT2D eigenvalue weighted by atomic mass is 10.1. The number of nitrogens with zero attached hydrogens (tertiary/aromatic N) is 2. The van der Waals surface area contributed by atoms with Crippen molar-refractivity contribution in [1.82, 2.24) is 9.38 Å². The van der Waals surface area contributed by atoms with E-state index in [1.54, 1.807) is 12.3 Å². The number of pyridine rings is 1. The Hall–Kier alpha value is -1.68. The smallest absolute Gasteiger partial charge is 0.178 e. The summed E-state index contributed by atoms with van der Waals surface area (Å²) < 4.78 is 1.95. The Kier molecular flexibility index (Phi) is 2.75. The van der Waals surface area contributed by atoms with Crippen LogP contribution >= 0.6 is 0 Å². The molecule has 84 valence electrons. The first kappa shape index (κ1) is 10.8. The third kappa shape index (κ3) is 1.61. The zero-order chi connectivity index (χ0) is 11.7. The molecule has 0 radical (unpaired) electrons. The van der Waals surface area contributed by atoms with Crippen molar-refractivity contribution in [2.75, 3.05) is 6.54 Å². The van der Waals surface area contributed by atoms with Gasteiger partial charge < -0.3 is 10.1 Å². The first-order chi connectivity index (χ1) is 7.65. The molecule has 0 atom stereocenters. The summed E-state index contributed by atoms with van der Waals surface area (Å²) in [5, 5.41) is 0. The molecule has 16 heavy (non-hydrogen) atoms. The summed E-state index contributed by atoms with van der Waals surface area (Å²) in [5.74, 6) is 1.23. The van der Waals surface area contributed by atoms with Crippen molar-refractivity contribution >= 4 is 11.3 Å². The maximum atomic E-state index is 11.6. The van der Waals surface area contributed by atoms with E-state index in [0.717, 1.165) is 11.3 Å². The second-order valence-electron chi connectivity index (χ2n) is 4.08. The van der Waals surface area contributed by atoms with Gasteiger partial charge in [-0.3, -0.25) is 4.79 Å². The molecule has 2 N–H and O–H groups in total. The maximum absolute atomic E-state index is 11.6. The van der Waals surface area contributed by atoms with Crippen LogP contribution in [0.4, 0.5) is 0 Å². The molecule has 2 heterocycles. The predicted octanol–water partition coefficient (Wildman–Crippen LogP) is 1.60. The second kappa shape index (κ2) is 4.06. The Bertz CT molecular complexity index is 528. The van der Waals surface area contributed by atoms with Crippen molar-refractivity contribution in [3.05, 3.63) is 35.9 Å². The highest BCUT2D eigenvalue weighted by Crippen LogP contribution is 2.18. The van der Waals surface area contributed by atoms with Crippen molar-refractivity contribution in [3.8, 4) is 0 Å². The highest BCUT2D eigenvalue weighted by molar-refractivity contribution is 6.03. The lowest BCUT2D eigenvalue weighted by Gasteiger charge is -2.06. The molecule has 4 nitrogen and oxygen atoms in total. The van der Waals surface area contributed by atoms with Crippen molar-refractivity contribution in [2.24, 2.45) is 5.73 Å². The topological polar surface area (TPSA) is 60.4 Å². The van der Waals surface area contributed by atoms with Crippen LogP contribution in [-0.4, -0.2) is 21.7 Å². The minimum atomic E-state index is -0.0548. The minimum absolute atomic E-state index is 0.0296. The summed E-state index contributed by atoms with van der Waals surface area (Å²) in [7, 11) is 0. The molecule has 0 saturated heterocycles. The fourth-order valence-electron chi connectivity index (χ4n) is 1.81. The predicted molar refractivity (Wildman–Crippen MR) is 62.7 cm³/mol. The summed E-state index contributed by atoms with van der Waals surface area (Å²) in [6.45, 7) is 4.18. The lowest BCUT2D eigenvalue weighted by Crippen LogP contribution is -2.14. The number of hydrogen-bond acceptors (Lipinski definition) is 3. The van der Waals surface area contributed by atoms with Crippen LogP contribution in [0.25, 0.3) is 5.52 Å². The van der Waals surface area contributed by atoms with Crippen LogP contribution in [0.5, 0.6) is 0 Å². The average Bonchev–Trinajstić information content (AvgIpc) is 2.71. The SMILES string of the molecule is CC(C)c1ncc2c(C(=O)CN)cccn12. The Morgan fingerprint density at radius 3 is 2.94 bits per heavy atom. The number of aromatic nitrogens is 2. The molecular weight excluding hydrogens is 202 g/mol. The first-order valence-electron chi connectivity index (χ1n) is 5.34. The van der Waals surface area contributed by atoms with Gasteiger partial charge in [-0.1, -0.05) is 13.8 Å². The van der Waals surface area contributed by atoms with Gasteiger partial charge in [-0.15, -0.1) is 0 Å². The van der Waals surface area contributed by atoms with E-state index >= 15 is 0 Å². The van der Waals surface area contributed by atoms with Gasteiger partial charge in [-0.05, 0) is 12.1 Å². The van der Waals surface area contributed by atoms with E-state index in [1.165, 1.54) is 0 Å². The highest BCUT2D eigenvalue weighted by atomic mass is 16.1. The van der Waals surface area contributed by atoms with Gasteiger partial charge in [0.1, 0.15) is 5.82 Å². The van der Waals surface area contributed by atoms with E-state index in [4.69, 9.17) is 5.73 Å². The normalized spacial score (nSPS) is 11.2. The van der Waals surface area contributed by atoms with Crippen molar-refractivity contribution in [2.45, 2.75) is 19.8 Å². The van der Waals surface area contributed by atoms with Gasteiger partial charge in [-0.25, -0.2) is 4.98 Å². The standard InChI is InChI=1S/C12H15N3O/c1-8(2)12-14-7-10-9(11(16)6-13)4-3-5-15(10)12/h3-5,7-8H,6,13H2,1-2H3. The number of rotatable bonds is 3. The van der Waals surface area contributed by atoms with Gasteiger partial charge in [0.15, 0.2) is 5.78 Å². The highest BCUT2D eigenvalue weighted by Gasteiger charge is 2.13. The molecule has 2 aromatic heterocycles. The van der Waals surface area contributed by atoms with Crippen LogP contribution in [0.2, 0.25) is 0 Å². The van der Waals surface area contributed by atoms with E-state index in [1.807, 2.05) is 16.7 Å². The molecule has 0 saturated carbocycles. The van der Waals surface area contributed by atoms with Crippen LogP contribution in [0.1, 0.15) is 35.9 Å². The van der Waals surface area contributed by atoms with Crippen LogP contribution < -0.4 is 5.73 Å². The van der Waals surface area contributed by atoms with Crippen LogP contribution in [0, 0.1) is 0 Å². The average molecular weight is 217 g/mol. The van der Waals surface area contributed by atoms with Crippen LogP contribution in [0.15, 0.2) is 24.5 Å². The van der Waals surface area contributed by atoms with Crippen molar-refractivity contribution in [3.63, 3.8) is 0 Å². The fraction of sp³-hybridized carbons (Fsp3) is 0.333. The molecule has 0 spiro atoms. The minimum Gasteiger partial charge on any atom is -0.324 e. The summed E-state index contributed by atoms with van der Waals surface area (Å²) in [6.07, 6.45) is 3.66. The molecule has 0 aliphatic heterocycles. The van der Waals surface area contributed by atoms with E-state index < -0.39 is 0 Å². The molecule has 0 fully saturated rings. The Labute approximate surface area is 94.1 Å². The molecule has 2 aromatic rings. The Morgan fingerprint density at radius 1 is 1.56 bits per heavy atom. The quantitative estimate of drug-likeness (QED) is 0.794. The zero-order valence-corrected chi connectivity index (χ0v) is 9.47. The van der Waals surface area contributed by atoms with Crippen molar-refractivity contribution < 1.29 is 4.79 Å². The van der Waals surface area contributed by atoms with Gasteiger partial charge in [-0.2, -0.15) is 0 Å². The molecule has 0 bridgehead atoms. The van der Waals surface area contributed by atoms with Gasteiger partial charge in [0.25, 0.3) is 0 Å². The third-order valence-electron chi connectivity index (χ3n) is 2.60. The summed E-state index contributed by atoms with van der Waals surface area (Å²) in [6, 6.07) is 3.64. The molecule has 0 aliphatic rings. The largest absolute Gasteiger partial charge is 0.324 e. The number of hydrogen-bond donors (Lipinski definition) is 1. The van der Waals surface area contributed by atoms with Crippen molar-refractivity contribution in [1.29, 1.82) is 0 Å². The summed E-state index contributed by atoms with van der Waals surface area (Å²) in [5.41, 5.74) is 6.86. The molecule has 0 aromatic carbocycles. The number of imidazole rings is 1. The number of carbonyl (C=O) groups is 1. The molecule has 2 rings (SSSR count). The molecule has 4 heteroatoms.